The standard InChI is InChI=1S/C7HClF3N3O5S/c8-20(17,18)6-5(19-7(9,10)11)3(2-12)1-4(13-6)14(15)16/h1H. The Balaban J connectivity index is 3.72. The van der Waals surface area contributed by atoms with Crippen LogP contribution in [0.3, 0.4) is 0 Å². The zero-order valence-electron chi connectivity index (χ0n) is 8.88. The number of nitriles is 1. The van der Waals surface area contributed by atoms with Crippen LogP contribution in [0.4, 0.5) is 19.0 Å². The number of alkyl halides is 3. The number of hydrogen-bond donors (Lipinski definition) is 0. The molecule has 0 aromatic carbocycles. The molecular weight excluding hydrogens is 331 g/mol. The predicted octanol–water partition coefficient (Wildman–Crippen LogP) is 1.69. The first-order valence-corrected chi connectivity index (χ1v) is 6.56. The van der Waals surface area contributed by atoms with Gasteiger partial charge in [-0.2, -0.15) is 5.26 Å². The summed E-state index contributed by atoms with van der Waals surface area (Å²) in [5.74, 6) is -2.70. The third-order valence-corrected chi connectivity index (χ3v) is 2.86. The van der Waals surface area contributed by atoms with Gasteiger partial charge in [-0.1, -0.05) is 0 Å². The maximum Gasteiger partial charge on any atom is 0.573 e. The van der Waals surface area contributed by atoms with Crippen LogP contribution in [0.25, 0.3) is 0 Å². The van der Waals surface area contributed by atoms with Gasteiger partial charge >= 0.3 is 26.3 Å². The lowest BCUT2D eigenvalue weighted by Gasteiger charge is -2.10. The second-order valence-electron chi connectivity index (χ2n) is 3.02. The van der Waals surface area contributed by atoms with Crippen LogP contribution in [0.1, 0.15) is 5.56 Å². The summed E-state index contributed by atoms with van der Waals surface area (Å²) in [5.41, 5.74) is -1.05. The van der Waals surface area contributed by atoms with Gasteiger partial charge in [0.2, 0.25) is 5.75 Å². The van der Waals surface area contributed by atoms with E-state index in [1.165, 1.54) is 0 Å². The molecule has 0 aliphatic rings. The normalized spacial score (nSPS) is 11.8. The van der Waals surface area contributed by atoms with Crippen LogP contribution >= 0.6 is 10.7 Å². The van der Waals surface area contributed by atoms with Gasteiger partial charge in [-0.25, -0.2) is 8.42 Å². The quantitative estimate of drug-likeness (QED) is 0.469. The van der Waals surface area contributed by atoms with E-state index in [4.69, 9.17) is 15.9 Å². The summed E-state index contributed by atoms with van der Waals surface area (Å²) in [4.78, 5) is 12.1. The number of rotatable bonds is 3. The first-order valence-electron chi connectivity index (χ1n) is 4.25. The molecule has 0 fully saturated rings. The summed E-state index contributed by atoms with van der Waals surface area (Å²) in [7, 11) is -0.0854. The van der Waals surface area contributed by atoms with Crippen LogP contribution in [-0.2, 0) is 9.05 Å². The average molecular weight is 332 g/mol. The minimum Gasteiger partial charge on any atom is -0.399 e. The van der Waals surface area contributed by atoms with Crippen molar-refractivity contribution in [1.82, 2.24) is 4.98 Å². The Morgan fingerprint density at radius 1 is 1.50 bits per heavy atom. The lowest BCUT2D eigenvalue weighted by atomic mass is 10.2. The minimum atomic E-state index is -5.35. The molecule has 0 atom stereocenters. The Labute approximate surface area is 112 Å². The van der Waals surface area contributed by atoms with E-state index in [-0.39, 0.29) is 0 Å². The highest BCUT2D eigenvalue weighted by atomic mass is 35.7. The number of pyridine rings is 1. The minimum absolute atomic E-state index is 0.326. The smallest absolute Gasteiger partial charge is 0.399 e. The summed E-state index contributed by atoms with van der Waals surface area (Å²) in [6.45, 7) is 0. The van der Waals surface area contributed by atoms with E-state index in [1.54, 1.807) is 0 Å². The topological polar surface area (TPSA) is 123 Å². The van der Waals surface area contributed by atoms with E-state index in [0.29, 0.717) is 6.07 Å². The van der Waals surface area contributed by atoms with E-state index >= 15 is 0 Å². The molecule has 0 bridgehead atoms. The molecule has 0 N–H and O–H groups in total. The van der Waals surface area contributed by atoms with Crippen LogP contribution < -0.4 is 4.74 Å². The number of hydrogen-bond acceptors (Lipinski definition) is 7. The maximum atomic E-state index is 12.2. The van der Waals surface area contributed by atoms with Gasteiger partial charge in [0.15, 0.2) is 0 Å². The molecule has 0 amide bonds. The average Bonchev–Trinajstić information content (AvgIpc) is 2.25. The Hall–Kier alpha value is -2.13. The SMILES string of the molecule is N#Cc1cc([N+](=O)[O-])nc(S(=O)(=O)Cl)c1OC(F)(F)F. The highest BCUT2D eigenvalue weighted by Crippen LogP contribution is 2.35. The summed E-state index contributed by atoms with van der Waals surface area (Å²) in [5, 5.41) is 17.5. The molecular formula is C7HClF3N3O5S. The van der Waals surface area contributed by atoms with Crippen molar-refractivity contribution in [1.29, 1.82) is 5.26 Å². The lowest BCUT2D eigenvalue weighted by Crippen LogP contribution is -2.20. The van der Waals surface area contributed by atoms with Crippen LogP contribution in [0.5, 0.6) is 5.75 Å². The van der Waals surface area contributed by atoms with Crippen molar-refractivity contribution in [3.63, 3.8) is 0 Å². The molecule has 0 aliphatic heterocycles. The fourth-order valence-corrected chi connectivity index (χ4v) is 1.94. The zero-order chi connectivity index (χ0) is 15.7. The van der Waals surface area contributed by atoms with Crippen LogP contribution in [0.2, 0.25) is 0 Å². The van der Waals surface area contributed by atoms with E-state index < -0.39 is 42.5 Å². The number of nitrogens with zero attached hydrogens (tertiary/aromatic N) is 3. The van der Waals surface area contributed by atoms with E-state index in [2.05, 4.69) is 9.72 Å². The third kappa shape index (κ3) is 3.68. The largest absolute Gasteiger partial charge is 0.573 e. The predicted molar refractivity (Wildman–Crippen MR) is 55.3 cm³/mol. The van der Waals surface area contributed by atoms with Gasteiger partial charge in [0.25, 0.3) is 0 Å². The summed E-state index contributed by atoms with van der Waals surface area (Å²) in [6.07, 6.45) is -5.35. The van der Waals surface area contributed by atoms with Gasteiger partial charge in [-0.05, 0) is 9.91 Å². The Morgan fingerprint density at radius 2 is 2.05 bits per heavy atom. The molecule has 0 saturated carbocycles. The molecule has 1 heterocycles. The lowest BCUT2D eigenvalue weighted by molar-refractivity contribution is -0.390. The summed E-state index contributed by atoms with van der Waals surface area (Å²) in [6, 6.07) is 1.46. The summed E-state index contributed by atoms with van der Waals surface area (Å²) >= 11 is 0. The van der Waals surface area contributed by atoms with E-state index in [0.717, 1.165) is 6.07 Å². The van der Waals surface area contributed by atoms with Crippen molar-refractivity contribution < 1.29 is 31.2 Å². The Morgan fingerprint density at radius 3 is 2.40 bits per heavy atom. The second kappa shape index (κ2) is 5.10. The third-order valence-electron chi connectivity index (χ3n) is 1.68. The first-order chi connectivity index (χ1) is 8.95. The number of nitro groups is 1. The molecule has 1 aromatic rings. The van der Waals surface area contributed by atoms with Gasteiger partial charge in [0.1, 0.15) is 11.6 Å². The summed E-state index contributed by atoms with van der Waals surface area (Å²) < 4.78 is 62.0. The molecule has 0 radical (unpaired) electrons. The van der Waals surface area contributed by atoms with E-state index in [1.807, 2.05) is 0 Å². The Kier molecular flexibility index (Phi) is 4.06. The fourth-order valence-electron chi connectivity index (χ4n) is 1.05. The second-order valence-corrected chi connectivity index (χ2v) is 5.50. The van der Waals surface area contributed by atoms with Gasteiger partial charge in [0, 0.05) is 10.7 Å². The molecule has 0 saturated heterocycles. The molecule has 20 heavy (non-hydrogen) atoms. The highest BCUT2D eigenvalue weighted by Gasteiger charge is 2.39. The van der Waals surface area contributed by atoms with Crippen LogP contribution in [-0.4, -0.2) is 24.7 Å². The Bertz CT molecular complexity index is 712. The zero-order valence-corrected chi connectivity index (χ0v) is 10.5. The van der Waals surface area contributed by atoms with Crippen molar-refractivity contribution in [2.75, 3.05) is 0 Å². The van der Waals surface area contributed by atoms with Gasteiger partial charge in [-0.3, -0.25) is 0 Å². The van der Waals surface area contributed by atoms with Crippen molar-refractivity contribution in [2.24, 2.45) is 0 Å². The maximum absolute atomic E-state index is 12.2. The van der Waals surface area contributed by atoms with Gasteiger partial charge < -0.3 is 14.9 Å². The number of halogens is 4. The van der Waals surface area contributed by atoms with Crippen molar-refractivity contribution >= 4 is 25.6 Å². The van der Waals surface area contributed by atoms with Crippen LogP contribution in [0.15, 0.2) is 11.1 Å². The number of ether oxygens (including phenoxy) is 1. The van der Waals surface area contributed by atoms with E-state index in [9.17, 15) is 31.7 Å². The molecule has 1 rings (SSSR count). The van der Waals surface area contributed by atoms with Crippen molar-refractivity contribution in [2.45, 2.75) is 11.4 Å². The first kappa shape index (κ1) is 15.9. The molecule has 13 heteroatoms. The van der Waals surface area contributed by atoms with Gasteiger partial charge in [-0.15, -0.1) is 13.2 Å². The van der Waals surface area contributed by atoms with Gasteiger partial charge in [0.05, 0.1) is 6.07 Å². The molecule has 0 unspecified atom stereocenters. The molecule has 0 aliphatic carbocycles. The monoisotopic (exact) mass is 331 g/mol. The molecule has 8 nitrogen and oxygen atoms in total. The van der Waals surface area contributed by atoms with Crippen LogP contribution in [0, 0.1) is 21.4 Å². The molecule has 108 valence electrons. The molecule has 0 spiro atoms. The van der Waals surface area contributed by atoms with Crippen molar-refractivity contribution in [3.8, 4) is 11.8 Å². The highest BCUT2D eigenvalue weighted by molar-refractivity contribution is 8.13. The van der Waals surface area contributed by atoms with Crippen molar-refractivity contribution in [3.05, 3.63) is 21.7 Å². The number of aromatic nitrogens is 1. The fraction of sp³-hybridized carbons (Fsp3) is 0.143. The molecule has 1 aromatic heterocycles.